The van der Waals surface area contributed by atoms with E-state index < -0.39 is 6.43 Å². The molecule has 0 unspecified atom stereocenters. The molecule has 0 atom stereocenters. The van der Waals surface area contributed by atoms with Gasteiger partial charge in [-0.25, -0.2) is 8.78 Å². The average Bonchev–Trinajstić information content (AvgIpc) is 3.24. The first-order valence-corrected chi connectivity index (χ1v) is 9.67. The van der Waals surface area contributed by atoms with Crippen molar-refractivity contribution in [2.75, 3.05) is 19.7 Å². The predicted octanol–water partition coefficient (Wildman–Crippen LogP) is 3.28. The fourth-order valence-corrected chi connectivity index (χ4v) is 5.04. The molecule has 1 amide bonds. The number of hydrogen-bond donors (Lipinski definition) is 0. The molecule has 0 aliphatic carbocycles. The molecule has 1 saturated heterocycles. The van der Waals surface area contributed by atoms with Crippen molar-refractivity contribution in [3.05, 3.63) is 39.3 Å². The highest BCUT2D eigenvalue weighted by Crippen LogP contribution is 2.44. The van der Waals surface area contributed by atoms with Crippen LogP contribution >= 0.6 is 11.3 Å². The molecule has 4 rings (SSSR count). The van der Waals surface area contributed by atoms with E-state index in [4.69, 9.17) is 4.74 Å². The first-order chi connectivity index (χ1) is 12.5. The number of ether oxygens (including phenoxy) is 1. The van der Waals surface area contributed by atoms with Crippen LogP contribution in [0.2, 0.25) is 0 Å². The molecule has 4 heterocycles. The van der Waals surface area contributed by atoms with Gasteiger partial charge in [0.05, 0.1) is 6.61 Å². The molecule has 0 aromatic carbocycles. The second-order valence-electron chi connectivity index (χ2n) is 6.92. The minimum Gasteiger partial charge on any atom is -0.369 e. The summed E-state index contributed by atoms with van der Waals surface area (Å²) < 4.78 is 33.1. The highest BCUT2D eigenvalue weighted by Gasteiger charge is 2.42. The van der Waals surface area contributed by atoms with Crippen molar-refractivity contribution in [2.24, 2.45) is 0 Å². The zero-order valence-corrected chi connectivity index (χ0v) is 15.4. The lowest BCUT2D eigenvalue weighted by Gasteiger charge is -2.43. The van der Waals surface area contributed by atoms with Gasteiger partial charge in [-0.2, -0.15) is 5.10 Å². The minimum absolute atomic E-state index is 0.00331. The Hall–Kier alpha value is -1.80. The Bertz CT molecular complexity index is 809. The summed E-state index contributed by atoms with van der Waals surface area (Å²) in [5.74, 6) is -0.0888. The molecule has 1 spiro atoms. The lowest BCUT2D eigenvalue weighted by molar-refractivity contribution is -0.141. The van der Waals surface area contributed by atoms with E-state index in [1.54, 1.807) is 23.2 Å². The molecule has 0 radical (unpaired) electrons. The van der Waals surface area contributed by atoms with Crippen LogP contribution in [0.4, 0.5) is 8.78 Å². The zero-order valence-electron chi connectivity index (χ0n) is 14.6. The van der Waals surface area contributed by atoms with Gasteiger partial charge in [0.25, 0.3) is 6.43 Å². The largest absolute Gasteiger partial charge is 0.369 e. The van der Waals surface area contributed by atoms with Crippen molar-refractivity contribution in [1.29, 1.82) is 0 Å². The molecule has 2 aromatic heterocycles. The molecular formula is C18H21F2N3O2S. The summed E-state index contributed by atoms with van der Waals surface area (Å²) in [6, 6.07) is 3.50. The lowest BCUT2D eigenvalue weighted by Crippen LogP contribution is -2.48. The van der Waals surface area contributed by atoms with Crippen molar-refractivity contribution in [3.8, 4) is 0 Å². The second-order valence-corrected chi connectivity index (χ2v) is 7.83. The summed E-state index contributed by atoms with van der Waals surface area (Å²) in [6.45, 7) is 3.62. The molecule has 0 N–H and O–H groups in total. The summed E-state index contributed by atoms with van der Waals surface area (Å²) in [4.78, 5) is 15.7. The maximum atomic E-state index is 12.8. The van der Waals surface area contributed by atoms with Crippen molar-refractivity contribution >= 4 is 17.2 Å². The fourth-order valence-electron chi connectivity index (χ4n) is 3.87. The Balaban J connectivity index is 1.42. The highest BCUT2D eigenvalue weighted by molar-refractivity contribution is 7.10. The summed E-state index contributed by atoms with van der Waals surface area (Å²) in [7, 11) is 0. The van der Waals surface area contributed by atoms with E-state index in [1.807, 2.05) is 0 Å². The standard InChI is InChI=1S/C18H21F2N3O2S/c1-12-10-14(17(19)20)21-23(12)11-15(24)22-6-4-18(5-7-22)16-13(2-8-25-18)3-9-26-16/h3,9-10,17H,2,4-8,11H2,1H3. The van der Waals surface area contributed by atoms with Crippen LogP contribution < -0.4 is 0 Å². The van der Waals surface area contributed by atoms with E-state index in [9.17, 15) is 13.6 Å². The lowest BCUT2D eigenvalue weighted by atomic mass is 9.85. The first-order valence-electron chi connectivity index (χ1n) is 8.79. The zero-order chi connectivity index (χ0) is 18.3. The Labute approximate surface area is 154 Å². The van der Waals surface area contributed by atoms with E-state index in [-0.39, 0.29) is 23.7 Å². The highest BCUT2D eigenvalue weighted by atomic mass is 32.1. The summed E-state index contributed by atoms with van der Waals surface area (Å²) in [6.07, 6.45) is -0.128. The van der Waals surface area contributed by atoms with Gasteiger partial charge in [-0.15, -0.1) is 11.3 Å². The van der Waals surface area contributed by atoms with Gasteiger partial charge in [0.2, 0.25) is 5.91 Å². The van der Waals surface area contributed by atoms with E-state index in [2.05, 4.69) is 16.5 Å². The number of alkyl halides is 2. The van der Waals surface area contributed by atoms with Crippen LogP contribution in [-0.2, 0) is 28.1 Å². The van der Waals surface area contributed by atoms with Crippen LogP contribution in [0.15, 0.2) is 17.5 Å². The number of hydrogen-bond acceptors (Lipinski definition) is 4. The number of aryl methyl sites for hydroxylation is 1. The van der Waals surface area contributed by atoms with Gasteiger partial charge in [0.15, 0.2) is 0 Å². The number of likely N-dealkylation sites (tertiary alicyclic amines) is 1. The average molecular weight is 381 g/mol. The Morgan fingerprint density at radius 3 is 2.88 bits per heavy atom. The molecule has 1 fully saturated rings. The number of carbonyl (C=O) groups is 1. The fraction of sp³-hybridized carbons (Fsp3) is 0.556. The SMILES string of the molecule is Cc1cc(C(F)F)nn1CC(=O)N1CCC2(CC1)OCCc1ccsc12. The van der Waals surface area contributed by atoms with E-state index in [0.29, 0.717) is 18.8 Å². The van der Waals surface area contributed by atoms with E-state index >= 15 is 0 Å². The van der Waals surface area contributed by atoms with Gasteiger partial charge in [0.1, 0.15) is 17.8 Å². The van der Waals surface area contributed by atoms with Crippen LogP contribution in [-0.4, -0.2) is 40.3 Å². The molecule has 2 aromatic rings. The number of rotatable bonds is 3. The predicted molar refractivity (Wildman–Crippen MR) is 93.4 cm³/mol. The smallest absolute Gasteiger partial charge is 0.282 e. The molecule has 2 aliphatic rings. The number of aromatic nitrogens is 2. The van der Waals surface area contributed by atoms with Crippen molar-refractivity contribution in [3.63, 3.8) is 0 Å². The van der Waals surface area contributed by atoms with Gasteiger partial charge in [-0.05, 0) is 49.3 Å². The molecule has 26 heavy (non-hydrogen) atoms. The van der Waals surface area contributed by atoms with Crippen LogP contribution in [0.3, 0.4) is 0 Å². The van der Waals surface area contributed by atoms with Crippen LogP contribution in [0.5, 0.6) is 0 Å². The van der Waals surface area contributed by atoms with Crippen LogP contribution in [0.1, 0.15) is 41.1 Å². The van der Waals surface area contributed by atoms with Crippen LogP contribution in [0.25, 0.3) is 0 Å². The molecule has 0 saturated carbocycles. The third kappa shape index (κ3) is 3.05. The van der Waals surface area contributed by atoms with Gasteiger partial charge >= 0.3 is 0 Å². The third-order valence-electron chi connectivity index (χ3n) is 5.34. The number of halogens is 2. The van der Waals surface area contributed by atoms with E-state index in [1.165, 1.54) is 21.2 Å². The summed E-state index contributed by atoms with van der Waals surface area (Å²) in [5.41, 5.74) is 1.39. The first kappa shape index (κ1) is 17.6. The number of nitrogens with zero attached hydrogens (tertiary/aromatic N) is 3. The number of carbonyl (C=O) groups excluding carboxylic acids is 1. The molecule has 140 valence electrons. The summed E-state index contributed by atoms with van der Waals surface area (Å²) in [5, 5.41) is 5.96. The normalized spacial score (nSPS) is 19.2. The molecule has 5 nitrogen and oxygen atoms in total. The third-order valence-corrected chi connectivity index (χ3v) is 6.48. The van der Waals surface area contributed by atoms with Crippen molar-refractivity contribution < 1.29 is 18.3 Å². The van der Waals surface area contributed by atoms with Gasteiger partial charge in [0, 0.05) is 23.7 Å². The maximum absolute atomic E-state index is 12.8. The Morgan fingerprint density at radius 1 is 1.42 bits per heavy atom. The van der Waals surface area contributed by atoms with Crippen LogP contribution in [0, 0.1) is 6.92 Å². The number of thiophene rings is 1. The molecular weight excluding hydrogens is 360 g/mol. The number of piperidine rings is 1. The number of amides is 1. The van der Waals surface area contributed by atoms with Crippen molar-refractivity contribution in [2.45, 2.75) is 44.8 Å². The Morgan fingerprint density at radius 2 is 2.19 bits per heavy atom. The molecule has 2 aliphatic heterocycles. The summed E-state index contributed by atoms with van der Waals surface area (Å²) >= 11 is 1.74. The van der Waals surface area contributed by atoms with Gasteiger partial charge < -0.3 is 9.64 Å². The van der Waals surface area contributed by atoms with Crippen molar-refractivity contribution in [1.82, 2.24) is 14.7 Å². The topological polar surface area (TPSA) is 47.4 Å². The Kier molecular flexibility index (Phi) is 4.56. The number of fused-ring (bicyclic) bond motifs is 2. The molecule has 8 heteroatoms. The van der Waals surface area contributed by atoms with Gasteiger partial charge in [-0.3, -0.25) is 9.48 Å². The minimum atomic E-state index is -2.62. The second kappa shape index (κ2) is 6.74. The quantitative estimate of drug-likeness (QED) is 0.820. The maximum Gasteiger partial charge on any atom is 0.282 e. The molecule has 0 bridgehead atoms. The van der Waals surface area contributed by atoms with E-state index in [0.717, 1.165) is 25.9 Å². The van der Waals surface area contributed by atoms with Gasteiger partial charge in [-0.1, -0.05) is 0 Å². The monoisotopic (exact) mass is 381 g/mol.